The van der Waals surface area contributed by atoms with Crippen LogP contribution in [0.1, 0.15) is 38.3 Å². The fourth-order valence-corrected chi connectivity index (χ4v) is 6.33. The van der Waals surface area contributed by atoms with Crippen molar-refractivity contribution in [2.45, 2.75) is 38.7 Å². The van der Waals surface area contributed by atoms with Gasteiger partial charge in [0, 0.05) is 23.6 Å². The molecule has 2 saturated carbocycles. The number of ether oxygens (including phenoxy) is 1. The number of allylic oxidation sites excluding steroid dienone is 1. The normalized spacial score (nSPS) is 34.1. The zero-order valence-electron chi connectivity index (χ0n) is 18.2. The molecule has 1 aromatic heterocycles. The fraction of sp³-hybridized carbons (Fsp3) is 0.444. The third-order valence-electron chi connectivity index (χ3n) is 7.81. The summed E-state index contributed by atoms with van der Waals surface area (Å²) in [6.45, 7) is 2.01. The summed E-state index contributed by atoms with van der Waals surface area (Å²) in [5.74, 6) is 0.962. The van der Waals surface area contributed by atoms with Crippen molar-refractivity contribution in [2.24, 2.45) is 35.5 Å². The van der Waals surface area contributed by atoms with E-state index in [-0.39, 0.29) is 41.6 Å². The number of carbonyl (C=O) groups is 2. The van der Waals surface area contributed by atoms with Crippen molar-refractivity contribution in [1.29, 1.82) is 0 Å². The van der Waals surface area contributed by atoms with Crippen molar-refractivity contribution >= 4 is 18.3 Å². The van der Waals surface area contributed by atoms with Crippen LogP contribution >= 0.6 is 0 Å². The van der Waals surface area contributed by atoms with E-state index >= 15 is 0 Å². The minimum Gasteiger partial charge on any atom is -0.462 e. The minimum atomic E-state index is -0.264. The van der Waals surface area contributed by atoms with Gasteiger partial charge in [0.15, 0.2) is 0 Å². The average molecular weight is 434 g/mol. The van der Waals surface area contributed by atoms with E-state index in [1.165, 1.54) is 12.1 Å². The molecular formula is C27H28FNO3. The van der Waals surface area contributed by atoms with Crippen molar-refractivity contribution in [3.63, 3.8) is 0 Å². The van der Waals surface area contributed by atoms with Crippen molar-refractivity contribution in [3.05, 3.63) is 60.2 Å². The smallest absolute Gasteiger partial charge is 0.309 e. The molecule has 1 saturated heterocycles. The molecule has 0 spiro atoms. The molecule has 0 radical (unpaired) electrons. The van der Waals surface area contributed by atoms with Crippen LogP contribution in [0.4, 0.5) is 4.39 Å². The SMILES string of the molecule is C[C@H]1OC(=O)C2C[C@@H]3C[C@H](C=O)CC[C@H]3[C@H](/C=C/c3ccc(-c4cccc(F)c4)cn3)[C@@H]21. The lowest BCUT2D eigenvalue weighted by atomic mass is 9.56. The van der Waals surface area contributed by atoms with Crippen LogP contribution in [0.2, 0.25) is 0 Å². The first-order chi connectivity index (χ1) is 15.5. The van der Waals surface area contributed by atoms with Crippen LogP contribution in [0.5, 0.6) is 0 Å². The number of halogens is 1. The number of carbonyl (C=O) groups excluding carboxylic acids is 2. The van der Waals surface area contributed by atoms with Gasteiger partial charge in [0.25, 0.3) is 0 Å². The third-order valence-corrected chi connectivity index (χ3v) is 7.81. The van der Waals surface area contributed by atoms with Gasteiger partial charge in [-0.25, -0.2) is 4.39 Å². The Balaban J connectivity index is 1.39. The van der Waals surface area contributed by atoms with Crippen LogP contribution in [0.15, 0.2) is 48.7 Å². The Morgan fingerprint density at radius 3 is 2.75 bits per heavy atom. The Hall–Kier alpha value is -2.82. The number of nitrogens with zero attached hydrogens (tertiary/aromatic N) is 1. The first-order valence-electron chi connectivity index (χ1n) is 11.6. The quantitative estimate of drug-likeness (QED) is 0.483. The highest BCUT2D eigenvalue weighted by Crippen LogP contribution is 2.54. The highest BCUT2D eigenvalue weighted by molar-refractivity contribution is 5.75. The first kappa shape index (κ1) is 21.0. The van der Waals surface area contributed by atoms with Gasteiger partial charge in [0.2, 0.25) is 0 Å². The van der Waals surface area contributed by atoms with Gasteiger partial charge in [-0.3, -0.25) is 9.78 Å². The molecule has 3 aliphatic rings. The average Bonchev–Trinajstić information content (AvgIpc) is 3.09. The number of aromatic nitrogens is 1. The summed E-state index contributed by atoms with van der Waals surface area (Å²) in [7, 11) is 0. The molecule has 5 heteroatoms. The molecule has 32 heavy (non-hydrogen) atoms. The summed E-state index contributed by atoms with van der Waals surface area (Å²) in [5, 5.41) is 0. The van der Waals surface area contributed by atoms with E-state index < -0.39 is 0 Å². The van der Waals surface area contributed by atoms with E-state index in [0.29, 0.717) is 11.8 Å². The Morgan fingerprint density at radius 1 is 1.12 bits per heavy atom. The van der Waals surface area contributed by atoms with E-state index in [1.54, 1.807) is 12.3 Å². The summed E-state index contributed by atoms with van der Waals surface area (Å²) in [5.41, 5.74) is 2.51. The number of rotatable bonds is 4. The fourth-order valence-electron chi connectivity index (χ4n) is 6.33. The second-order valence-corrected chi connectivity index (χ2v) is 9.61. The van der Waals surface area contributed by atoms with Gasteiger partial charge < -0.3 is 9.53 Å². The van der Waals surface area contributed by atoms with Gasteiger partial charge >= 0.3 is 5.97 Å². The molecule has 2 aromatic rings. The van der Waals surface area contributed by atoms with Crippen molar-refractivity contribution in [3.8, 4) is 11.1 Å². The molecule has 2 heterocycles. The second-order valence-electron chi connectivity index (χ2n) is 9.61. The summed E-state index contributed by atoms with van der Waals surface area (Å²) in [6, 6.07) is 10.4. The topological polar surface area (TPSA) is 56.3 Å². The third kappa shape index (κ3) is 3.89. The zero-order valence-corrected chi connectivity index (χ0v) is 18.2. The van der Waals surface area contributed by atoms with Gasteiger partial charge in [-0.2, -0.15) is 0 Å². The molecule has 4 nitrogen and oxygen atoms in total. The highest BCUT2D eigenvalue weighted by Gasteiger charge is 2.54. The van der Waals surface area contributed by atoms with Crippen LogP contribution < -0.4 is 0 Å². The number of cyclic esters (lactones) is 1. The van der Waals surface area contributed by atoms with Gasteiger partial charge in [0.05, 0.1) is 11.6 Å². The lowest BCUT2D eigenvalue weighted by Crippen LogP contribution is -2.44. The number of hydrogen-bond donors (Lipinski definition) is 0. The molecular weight excluding hydrogens is 405 g/mol. The van der Waals surface area contributed by atoms with Crippen LogP contribution in [0.3, 0.4) is 0 Å². The van der Waals surface area contributed by atoms with Crippen LogP contribution in [0.25, 0.3) is 17.2 Å². The molecule has 5 rings (SSSR count). The second kappa shape index (κ2) is 8.61. The number of hydrogen-bond acceptors (Lipinski definition) is 4. The Bertz CT molecular complexity index is 1030. The monoisotopic (exact) mass is 433 g/mol. The van der Waals surface area contributed by atoms with E-state index in [4.69, 9.17) is 4.74 Å². The predicted molar refractivity (Wildman–Crippen MR) is 120 cm³/mol. The van der Waals surface area contributed by atoms with Crippen molar-refractivity contribution in [1.82, 2.24) is 4.98 Å². The van der Waals surface area contributed by atoms with Gasteiger partial charge in [-0.1, -0.05) is 24.3 Å². The van der Waals surface area contributed by atoms with E-state index in [1.807, 2.05) is 31.2 Å². The van der Waals surface area contributed by atoms with Crippen LogP contribution in [-0.4, -0.2) is 23.3 Å². The van der Waals surface area contributed by atoms with Crippen LogP contribution in [0, 0.1) is 41.3 Å². The Kier molecular flexibility index (Phi) is 5.66. The van der Waals surface area contributed by atoms with Gasteiger partial charge in [0.1, 0.15) is 18.2 Å². The van der Waals surface area contributed by atoms with Gasteiger partial charge in [-0.15, -0.1) is 0 Å². The molecule has 3 fully saturated rings. The summed E-state index contributed by atoms with van der Waals surface area (Å²) < 4.78 is 19.2. The number of benzene rings is 1. The predicted octanol–water partition coefficient (Wildman–Crippen LogP) is 5.33. The minimum absolute atomic E-state index is 0.0744. The molecule has 1 aromatic carbocycles. The largest absolute Gasteiger partial charge is 0.462 e. The van der Waals surface area contributed by atoms with Crippen molar-refractivity contribution in [2.75, 3.05) is 0 Å². The van der Waals surface area contributed by atoms with Crippen LogP contribution in [-0.2, 0) is 14.3 Å². The number of esters is 1. The summed E-state index contributed by atoms with van der Waals surface area (Å²) in [6.07, 6.45) is 10.7. The lowest BCUT2D eigenvalue weighted by Gasteiger charge is -2.46. The maximum absolute atomic E-state index is 13.5. The summed E-state index contributed by atoms with van der Waals surface area (Å²) >= 11 is 0. The highest BCUT2D eigenvalue weighted by atomic mass is 19.1. The Morgan fingerprint density at radius 2 is 2.00 bits per heavy atom. The van der Waals surface area contributed by atoms with E-state index in [9.17, 15) is 14.0 Å². The summed E-state index contributed by atoms with van der Waals surface area (Å²) in [4.78, 5) is 28.5. The lowest BCUT2D eigenvalue weighted by molar-refractivity contribution is -0.144. The maximum Gasteiger partial charge on any atom is 0.309 e. The molecule has 0 amide bonds. The molecule has 0 N–H and O–H groups in total. The number of fused-ring (bicyclic) bond motifs is 2. The molecule has 1 aliphatic heterocycles. The first-order valence-corrected chi connectivity index (χ1v) is 11.6. The standard InChI is InChI=1S/C27H28FNO3/c1-16-26-24(23-9-5-17(15-30)11-20(23)13-25(26)27(31)32-16)10-8-22-7-6-19(14-29-22)18-3-2-4-21(28)12-18/h2-4,6-8,10,12,14-17,20,23-26H,5,9,11,13H2,1H3/b10-8+/t16-,17-,20+,23-,24+,25?,26+/m1/s1. The van der Waals surface area contributed by atoms with E-state index in [0.717, 1.165) is 48.8 Å². The van der Waals surface area contributed by atoms with E-state index in [2.05, 4.69) is 11.1 Å². The maximum atomic E-state index is 13.5. The number of pyridine rings is 1. The molecule has 166 valence electrons. The molecule has 0 bridgehead atoms. The zero-order chi connectivity index (χ0) is 22.2. The molecule has 1 unspecified atom stereocenters. The van der Waals surface area contributed by atoms with Crippen molar-refractivity contribution < 1.29 is 18.7 Å². The number of aldehydes is 1. The molecule has 2 aliphatic carbocycles. The van der Waals surface area contributed by atoms with Gasteiger partial charge in [-0.05, 0) is 80.2 Å². The molecule has 7 atom stereocenters. The Labute approximate surface area is 187 Å².